The van der Waals surface area contributed by atoms with Gasteiger partial charge in [0.05, 0.1) is 6.04 Å². The normalized spacial score (nSPS) is 12.4. The monoisotopic (exact) mass is 231 g/mol. The molecule has 3 aromatic rings. The highest BCUT2D eigenvalue weighted by atomic mass is 14.6. The van der Waals surface area contributed by atoms with E-state index in [-0.39, 0.29) is 6.04 Å². The highest BCUT2D eigenvalue weighted by molar-refractivity contribution is 6.02. The Balaban J connectivity index is 2.54. The van der Waals surface area contributed by atoms with Gasteiger partial charge in [-0.15, -0.1) is 6.42 Å². The summed E-state index contributed by atoms with van der Waals surface area (Å²) in [5.41, 5.74) is 7.14. The summed E-state index contributed by atoms with van der Waals surface area (Å²) in [7, 11) is 0. The topological polar surface area (TPSA) is 26.0 Å². The second kappa shape index (κ2) is 4.18. The molecular formula is C17H13N. The van der Waals surface area contributed by atoms with Gasteiger partial charge in [0.25, 0.3) is 0 Å². The molecular weight excluding hydrogens is 218 g/mol. The lowest BCUT2D eigenvalue weighted by Gasteiger charge is -2.13. The first-order valence-corrected chi connectivity index (χ1v) is 5.93. The second-order valence-electron chi connectivity index (χ2n) is 4.38. The molecule has 0 aliphatic rings. The van der Waals surface area contributed by atoms with Gasteiger partial charge in [0.15, 0.2) is 0 Å². The third-order valence-corrected chi connectivity index (χ3v) is 3.30. The Morgan fingerprint density at radius 2 is 1.39 bits per heavy atom. The van der Waals surface area contributed by atoms with Gasteiger partial charge in [-0.3, -0.25) is 0 Å². The summed E-state index contributed by atoms with van der Waals surface area (Å²) in [6.07, 6.45) is 5.51. The lowest BCUT2D eigenvalue weighted by Crippen LogP contribution is -2.08. The van der Waals surface area contributed by atoms with Gasteiger partial charge >= 0.3 is 0 Å². The Labute approximate surface area is 106 Å². The van der Waals surface area contributed by atoms with Crippen LogP contribution in [0.25, 0.3) is 21.5 Å². The molecule has 3 aromatic carbocycles. The van der Waals surface area contributed by atoms with E-state index in [9.17, 15) is 0 Å². The van der Waals surface area contributed by atoms with Crippen molar-refractivity contribution in [2.24, 2.45) is 5.73 Å². The van der Waals surface area contributed by atoms with E-state index in [0.717, 1.165) is 16.3 Å². The van der Waals surface area contributed by atoms with E-state index in [0.29, 0.717) is 0 Å². The molecule has 0 unspecified atom stereocenters. The Kier molecular flexibility index (Phi) is 2.51. The summed E-state index contributed by atoms with van der Waals surface area (Å²) >= 11 is 0. The van der Waals surface area contributed by atoms with Crippen LogP contribution in [0.1, 0.15) is 11.6 Å². The Morgan fingerprint density at radius 1 is 0.889 bits per heavy atom. The smallest absolute Gasteiger partial charge is 0.0930 e. The minimum absolute atomic E-state index is 0.374. The molecule has 18 heavy (non-hydrogen) atoms. The van der Waals surface area contributed by atoms with E-state index in [1.165, 1.54) is 10.8 Å². The van der Waals surface area contributed by atoms with Gasteiger partial charge < -0.3 is 5.73 Å². The van der Waals surface area contributed by atoms with Crippen LogP contribution in [0, 0.1) is 12.3 Å². The summed E-state index contributed by atoms with van der Waals surface area (Å²) in [5, 5.41) is 4.64. The molecule has 0 heterocycles. The zero-order valence-electron chi connectivity index (χ0n) is 9.93. The molecule has 2 N–H and O–H groups in total. The number of fused-ring (bicyclic) bond motifs is 2. The van der Waals surface area contributed by atoms with E-state index >= 15 is 0 Å². The molecule has 1 nitrogen and oxygen atoms in total. The van der Waals surface area contributed by atoms with Crippen LogP contribution in [-0.2, 0) is 0 Å². The average molecular weight is 231 g/mol. The van der Waals surface area contributed by atoms with Gasteiger partial charge in [-0.2, -0.15) is 0 Å². The predicted octanol–water partition coefficient (Wildman–Crippen LogP) is 3.63. The fourth-order valence-electron chi connectivity index (χ4n) is 2.47. The molecule has 0 aliphatic carbocycles. The number of terminal acetylenes is 1. The molecule has 0 spiro atoms. The summed E-state index contributed by atoms with van der Waals surface area (Å²) in [6, 6.07) is 18.2. The number of rotatable bonds is 1. The average Bonchev–Trinajstić information content (AvgIpc) is 2.44. The van der Waals surface area contributed by atoms with E-state index in [4.69, 9.17) is 12.2 Å². The lowest BCUT2D eigenvalue weighted by molar-refractivity contribution is 0.969. The molecule has 0 fully saturated rings. The predicted molar refractivity (Wildman–Crippen MR) is 77.2 cm³/mol. The van der Waals surface area contributed by atoms with Crippen LogP contribution in [0.5, 0.6) is 0 Å². The van der Waals surface area contributed by atoms with E-state index in [1.54, 1.807) is 0 Å². The number of benzene rings is 3. The number of hydrogen-bond acceptors (Lipinski definition) is 1. The maximum Gasteiger partial charge on any atom is 0.0930 e. The standard InChI is InChI=1S/C17H13N/c1-2-16(18)17-14-9-5-3-7-12(14)11-13-8-4-6-10-15(13)17/h1,3-11,16H,18H2/t16-/m1/s1. The van der Waals surface area contributed by atoms with E-state index < -0.39 is 0 Å². The largest absolute Gasteiger partial charge is 0.314 e. The van der Waals surface area contributed by atoms with Crippen LogP contribution in [-0.4, -0.2) is 0 Å². The van der Waals surface area contributed by atoms with Gasteiger partial charge in [-0.25, -0.2) is 0 Å². The Morgan fingerprint density at radius 3 is 1.89 bits per heavy atom. The van der Waals surface area contributed by atoms with Gasteiger partial charge in [0.1, 0.15) is 0 Å². The molecule has 0 saturated heterocycles. The second-order valence-corrected chi connectivity index (χ2v) is 4.38. The quantitative estimate of drug-likeness (QED) is 0.502. The van der Waals surface area contributed by atoms with Gasteiger partial charge in [-0.1, -0.05) is 54.5 Å². The third kappa shape index (κ3) is 1.55. The maximum absolute atomic E-state index is 6.09. The van der Waals surface area contributed by atoms with Gasteiger partial charge in [0.2, 0.25) is 0 Å². The zero-order valence-corrected chi connectivity index (χ0v) is 9.93. The fraction of sp³-hybridized carbons (Fsp3) is 0.0588. The summed E-state index contributed by atoms with van der Waals surface area (Å²) in [5.74, 6) is 2.64. The molecule has 86 valence electrons. The molecule has 0 aromatic heterocycles. The van der Waals surface area contributed by atoms with Crippen molar-refractivity contribution in [3.63, 3.8) is 0 Å². The first kappa shape index (κ1) is 10.8. The van der Waals surface area contributed by atoms with Gasteiger partial charge in [-0.05, 0) is 33.2 Å². The van der Waals surface area contributed by atoms with Crippen molar-refractivity contribution in [3.05, 3.63) is 60.2 Å². The molecule has 0 saturated carbocycles. The van der Waals surface area contributed by atoms with Gasteiger partial charge in [0, 0.05) is 0 Å². The molecule has 1 atom stereocenters. The van der Waals surface area contributed by atoms with Crippen LogP contribution in [0.3, 0.4) is 0 Å². The minimum Gasteiger partial charge on any atom is -0.314 e. The molecule has 0 amide bonds. The van der Waals surface area contributed by atoms with Crippen molar-refractivity contribution in [2.75, 3.05) is 0 Å². The summed E-state index contributed by atoms with van der Waals surface area (Å²) < 4.78 is 0. The van der Waals surface area contributed by atoms with Crippen LogP contribution in [0.2, 0.25) is 0 Å². The van der Waals surface area contributed by atoms with Crippen molar-refractivity contribution in [1.29, 1.82) is 0 Å². The molecule has 3 rings (SSSR count). The SMILES string of the molecule is C#C[C@@H](N)c1c2ccccc2cc2ccccc12. The maximum atomic E-state index is 6.09. The molecule has 0 bridgehead atoms. The van der Waals surface area contributed by atoms with Crippen LogP contribution in [0.4, 0.5) is 0 Å². The number of nitrogens with two attached hydrogens (primary N) is 1. The van der Waals surface area contributed by atoms with E-state index in [1.807, 2.05) is 24.3 Å². The molecule has 1 heteroatoms. The number of hydrogen-bond donors (Lipinski definition) is 1. The van der Waals surface area contributed by atoms with Crippen LogP contribution < -0.4 is 5.73 Å². The Bertz CT molecular complexity index is 711. The van der Waals surface area contributed by atoms with Crippen molar-refractivity contribution in [3.8, 4) is 12.3 Å². The summed E-state index contributed by atoms with van der Waals surface area (Å²) in [4.78, 5) is 0. The first-order valence-electron chi connectivity index (χ1n) is 5.93. The molecule has 0 radical (unpaired) electrons. The highest BCUT2D eigenvalue weighted by Gasteiger charge is 2.11. The van der Waals surface area contributed by atoms with Crippen molar-refractivity contribution >= 4 is 21.5 Å². The van der Waals surface area contributed by atoms with Crippen molar-refractivity contribution < 1.29 is 0 Å². The van der Waals surface area contributed by atoms with Crippen molar-refractivity contribution in [2.45, 2.75) is 6.04 Å². The minimum atomic E-state index is -0.374. The fourth-order valence-corrected chi connectivity index (χ4v) is 2.47. The zero-order chi connectivity index (χ0) is 12.5. The molecule has 0 aliphatic heterocycles. The first-order chi connectivity index (χ1) is 8.81. The third-order valence-electron chi connectivity index (χ3n) is 3.30. The van der Waals surface area contributed by atoms with Crippen LogP contribution in [0.15, 0.2) is 54.6 Å². The lowest BCUT2D eigenvalue weighted by atomic mass is 9.93. The van der Waals surface area contributed by atoms with Crippen LogP contribution >= 0.6 is 0 Å². The Hall–Kier alpha value is -2.30. The summed E-state index contributed by atoms with van der Waals surface area (Å²) in [6.45, 7) is 0. The van der Waals surface area contributed by atoms with Crippen molar-refractivity contribution in [1.82, 2.24) is 0 Å². The highest BCUT2D eigenvalue weighted by Crippen LogP contribution is 2.31. The van der Waals surface area contributed by atoms with E-state index in [2.05, 4.69) is 36.3 Å².